The second-order valence-corrected chi connectivity index (χ2v) is 6.06. The van der Waals surface area contributed by atoms with E-state index in [-0.39, 0.29) is 0 Å². The molecule has 0 amide bonds. The Balaban J connectivity index is 2.03. The van der Waals surface area contributed by atoms with Crippen molar-refractivity contribution in [2.75, 3.05) is 0 Å². The zero-order valence-electron chi connectivity index (χ0n) is 10.6. The molecule has 1 nitrogen and oxygen atoms in total. The Labute approximate surface area is 131 Å². The number of benzene rings is 3. The number of rotatable bonds is 2. The smallest absolute Gasteiger partial charge is 0.104 e. The number of fused-ring (bicyclic) bond motifs is 1. The summed E-state index contributed by atoms with van der Waals surface area (Å²) in [5.74, 6) is 0. The lowest BCUT2D eigenvalue weighted by molar-refractivity contribution is 0.220. The first kappa shape index (κ1) is 13.6. The van der Waals surface area contributed by atoms with Crippen LogP contribution in [-0.2, 0) is 0 Å². The van der Waals surface area contributed by atoms with Gasteiger partial charge in [-0.2, -0.15) is 0 Å². The summed E-state index contributed by atoms with van der Waals surface area (Å²) in [6.07, 6.45) is -0.665. The van der Waals surface area contributed by atoms with Gasteiger partial charge in [0, 0.05) is 9.50 Å². The first-order valence-electron chi connectivity index (χ1n) is 6.26. The van der Waals surface area contributed by atoms with E-state index < -0.39 is 6.10 Å². The van der Waals surface area contributed by atoms with Crippen LogP contribution in [0.3, 0.4) is 0 Å². The third-order valence-corrected chi connectivity index (χ3v) is 4.03. The molecule has 0 fully saturated rings. The van der Waals surface area contributed by atoms with Crippen molar-refractivity contribution in [2.45, 2.75) is 6.10 Å². The van der Waals surface area contributed by atoms with Gasteiger partial charge >= 0.3 is 0 Å². The molecule has 0 saturated carbocycles. The first-order valence-corrected chi connectivity index (χ1v) is 7.43. The van der Waals surface area contributed by atoms with Crippen molar-refractivity contribution in [2.24, 2.45) is 0 Å². The van der Waals surface area contributed by atoms with Crippen LogP contribution >= 0.6 is 27.5 Å². The van der Waals surface area contributed by atoms with Crippen molar-refractivity contribution in [1.82, 2.24) is 0 Å². The fraction of sp³-hybridized carbons (Fsp3) is 0.0588. The van der Waals surface area contributed by atoms with Gasteiger partial charge in [-0.15, -0.1) is 0 Å². The van der Waals surface area contributed by atoms with Crippen LogP contribution in [0.1, 0.15) is 17.2 Å². The summed E-state index contributed by atoms with van der Waals surface area (Å²) >= 11 is 9.43. The Kier molecular flexibility index (Phi) is 3.79. The van der Waals surface area contributed by atoms with Crippen LogP contribution in [0.25, 0.3) is 10.8 Å². The molecule has 1 N–H and O–H groups in total. The van der Waals surface area contributed by atoms with Gasteiger partial charge in [-0.3, -0.25) is 0 Å². The Morgan fingerprint density at radius 3 is 2.35 bits per heavy atom. The quantitative estimate of drug-likeness (QED) is 0.663. The predicted octanol–water partition coefficient (Wildman–Crippen LogP) is 5.34. The number of aliphatic hydroxyl groups excluding tert-OH is 1. The van der Waals surface area contributed by atoms with E-state index in [4.69, 9.17) is 11.6 Å². The molecule has 0 aliphatic rings. The van der Waals surface area contributed by atoms with Crippen molar-refractivity contribution >= 4 is 38.3 Å². The average Bonchev–Trinajstić information content (AvgIpc) is 2.46. The Morgan fingerprint density at radius 1 is 0.850 bits per heavy atom. The van der Waals surface area contributed by atoms with E-state index in [2.05, 4.69) is 22.0 Å². The van der Waals surface area contributed by atoms with Gasteiger partial charge in [0.2, 0.25) is 0 Å². The van der Waals surface area contributed by atoms with Crippen molar-refractivity contribution in [3.63, 3.8) is 0 Å². The van der Waals surface area contributed by atoms with E-state index in [0.29, 0.717) is 5.02 Å². The number of halogens is 2. The second-order valence-electron chi connectivity index (χ2n) is 4.71. The number of hydrogen-bond acceptors (Lipinski definition) is 1. The molecule has 3 aromatic carbocycles. The summed E-state index contributed by atoms with van der Waals surface area (Å²) in [5.41, 5.74) is 1.66. The highest BCUT2D eigenvalue weighted by Gasteiger charge is 2.11. The third-order valence-electron chi connectivity index (χ3n) is 3.31. The maximum atomic E-state index is 10.5. The molecule has 100 valence electrons. The van der Waals surface area contributed by atoms with Crippen LogP contribution in [0, 0.1) is 0 Å². The highest BCUT2D eigenvalue weighted by atomic mass is 79.9. The van der Waals surface area contributed by atoms with Crippen LogP contribution in [0.4, 0.5) is 0 Å². The first-order chi connectivity index (χ1) is 9.63. The summed E-state index contributed by atoms with van der Waals surface area (Å²) in [7, 11) is 0. The lowest BCUT2D eigenvalue weighted by Gasteiger charge is -2.13. The highest BCUT2D eigenvalue weighted by Crippen LogP contribution is 2.28. The Morgan fingerprint density at radius 2 is 1.55 bits per heavy atom. The summed E-state index contributed by atoms with van der Waals surface area (Å²) in [6.45, 7) is 0. The van der Waals surface area contributed by atoms with Crippen LogP contribution in [0.2, 0.25) is 5.02 Å². The monoisotopic (exact) mass is 346 g/mol. The van der Waals surface area contributed by atoms with Crippen molar-refractivity contribution in [1.29, 1.82) is 0 Å². The molecule has 0 aromatic heterocycles. The minimum atomic E-state index is -0.665. The van der Waals surface area contributed by atoms with Crippen LogP contribution < -0.4 is 0 Å². The van der Waals surface area contributed by atoms with Gasteiger partial charge in [-0.05, 0) is 52.2 Å². The molecule has 0 bridgehead atoms. The molecule has 1 unspecified atom stereocenters. The molecule has 3 heteroatoms. The normalized spacial score (nSPS) is 12.6. The fourth-order valence-corrected chi connectivity index (χ4v) is 2.85. The molecule has 0 saturated heterocycles. The van der Waals surface area contributed by atoms with Gasteiger partial charge < -0.3 is 5.11 Å². The molecule has 20 heavy (non-hydrogen) atoms. The van der Waals surface area contributed by atoms with Crippen molar-refractivity contribution < 1.29 is 5.11 Å². The fourth-order valence-electron chi connectivity index (χ4n) is 2.27. The van der Waals surface area contributed by atoms with E-state index >= 15 is 0 Å². The van der Waals surface area contributed by atoms with Crippen molar-refractivity contribution in [3.8, 4) is 0 Å². The standard InChI is InChI=1S/C17H12BrClO/c18-15-7-6-11-8-14(5-4-12(11)9-15)17(20)13-2-1-3-16(19)10-13/h1-10,17,20H. The van der Waals surface area contributed by atoms with Crippen LogP contribution in [0.15, 0.2) is 65.1 Å². The molecule has 0 heterocycles. The minimum absolute atomic E-state index is 0.631. The van der Waals surface area contributed by atoms with Crippen LogP contribution in [0.5, 0.6) is 0 Å². The molecular formula is C17H12BrClO. The second kappa shape index (κ2) is 5.57. The van der Waals surface area contributed by atoms with Gasteiger partial charge in [0.25, 0.3) is 0 Å². The summed E-state index contributed by atoms with van der Waals surface area (Å²) < 4.78 is 1.05. The van der Waals surface area contributed by atoms with Crippen molar-refractivity contribution in [3.05, 3.63) is 81.3 Å². The molecule has 0 aliphatic heterocycles. The van der Waals surface area contributed by atoms with E-state index in [1.807, 2.05) is 42.5 Å². The molecule has 0 aliphatic carbocycles. The molecule has 3 aromatic rings. The highest BCUT2D eigenvalue weighted by molar-refractivity contribution is 9.10. The maximum absolute atomic E-state index is 10.5. The third kappa shape index (κ3) is 2.73. The average molecular weight is 348 g/mol. The van der Waals surface area contributed by atoms with E-state index in [1.165, 1.54) is 0 Å². The molecule has 0 spiro atoms. The number of aliphatic hydroxyl groups is 1. The summed E-state index contributed by atoms with van der Waals surface area (Å²) in [6, 6.07) is 19.4. The molecule has 1 atom stereocenters. The SMILES string of the molecule is OC(c1cccc(Cl)c1)c1ccc2cc(Br)ccc2c1. The molecule has 0 radical (unpaired) electrons. The molecule has 3 rings (SSSR count). The van der Waals surface area contributed by atoms with Crippen LogP contribution in [-0.4, -0.2) is 5.11 Å². The van der Waals surface area contributed by atoms with Gasteiger partial charge in [0.15, 0.2) is 0 Å². The van der Waals surface area contributed by atoms with Gasteiger partial charge in [0.1, 0.15) is 6.10 Å². The maximum Gasteiger partial charge on any atom is 0.104 e. The Hall–Kier alpha value is -1.35. The number of hydrogen-bond donors (Lipinski definition) is 1. The largest absolute Gasteiger partial charge is 0.384 e. The summed E-state index contributed by atoms with van der Waals surface area (Å²) in [5, 5.41) is 13.3. The van der Waals surface area contributed by atoms with E-state index in [1.54, 1.807) is 12.1 Å². The lowest BCUT2D eigenvalue weighted by atomic mass is 9.99. The predicted molar refractivity (Wildman–Crippen MR) is 87.2 cm³/mol. The Bertz CT molecular complexity index is 770. The summed E-state index contributed by atoms with van der Waals surface area (Å²) in [4.78, 5) is 0. The van der Waals surface area contributed by atoms with E-state index in [0.717, 1.165) is 26.4 Å². The van der Waals surface area contributed by atoms with Gasteiger partial charge in [0.05, 0.1) is 0 Å². The topological polar surface area (TPSA) is 20.2 Å². The zero-order chi connectivity index (χ0) is 14.1. The van der Waals surface area contributed by atoms with Gasteiger partial charge in [-0.1, -0.05) is 57.9 Å². The minimum Gasteiger partial charge on any atom is -0.384 e. The molecular weight excluding hydrogens is 336 g/mol. The van der Waals surface area contributed by atoms with E-state index in [9.17, 15) is 5.11 Å². The lowest BCUT2D eigenvalue weighted by Crippen LogP contribution is -1.99. The van der Waals surface area contributed by atoms with Gasteiger partial charge in [-0.25, -0.2) is 0 Å². The zero-order valence-corrected chi connectivity index (χ0v) is 12.9.